The van der Waals surface area contributed by atoms with Crippen LogP contribution in [0.4, 0.5) is 5.82 Å². The smallest absolute Gasteiger partial charge is 0.152 e. The van der Waals surface area contributed by atoms with Crippen molar-refractivity contribution in [3.8, 4) is 17.1 Å². The fourth-order valence-corrected chi connectivity index (χ4v) is 4.59. The number of pyridine rings is 1. The number of anilines is 1. The zero-order valence-electron chi connectivity index (χ0n) is 17.1. The van der Waals surface area contributed by atoms with Crippen LogP contribution < -0.4 is 5.32 Å². The summed E-state index contributed by atoms with van der Waals surface area (Å²) in [5, 5.41) is 32.9. The third-order valence-electron chi connectivity index (χ3n) is 6.24. The van der Waals surface area contributed by atoms with Crippen LogP contribution in [-0.4, -0.2) is 61.1 Å². The Balaban J connectivity index is 1.49. The lowest BCUT2D eigenvalue weighted by atomic mass is 9.76. The van der Waals surface area contributed by atoms with E-state index < -0.39 is 5.60 Å². The molecule has 1 unspecified atom stereocenters. The molecule has 1 atom stereocenters. The molecule has 0 aromatic carbocycles. The van der Waals surface area contributed by atoms with Crippen molar-refractivity contribution in [1.82, 2.24) is 20.1 Å². The molecule has 0 spiro atoms. The third-order valence-corrected chi connectivity index (χ3v) is 6.45. The van der Waals surface area contributed by atoms with Crippen LogP contribution in [0.2, 0.25) is 5.02 Å². The molecule has 3 N–H and O–H groups in total. The molecule has 3 heterocycles. The summed E-state index contributed by atoms with van der Waals surface area (Å²) >= 11 is 5.89. The first-order valence-corrected chi connectivity index (χ1v) is 10.5. The van der Waals surface area contributed by atoms with Gasteiger partial charge in [0.1, 0.15) is 17.1 Å². The highest BCUT2D eigenvalue weighted by molar-refractivity contribution is 6.30. The second kappa shape index (κ2) is 7.70. The van der Waals surface area contributed by atoms with Crippen LogP contribution in [0.15, 0.2) is 12.3 Å². The average molecular weight is 418 g/mol. The SMILES string of the molecule is Cc1c(NC2CCCN(C3CC(C)(O)C3)C2)nnc(-c2ncc(Cl)cc2O)c1C. The molecule has 2 fully saturated rings. The van der Waals surface area contributed by atoms with Gasteiger partial charge in [0.15, 0.2) is 5.82 Å². The van der Waals surface area contributed by atoms with E-state index in [9.17, 15) is 10.2 Å². The third kappa shape index (κ3) is 4.17. The minimum absolute atomic E-state index is 0.00527. The largest absolute Gasteiger partial charge is 0.506 e. The van der Waals surface area contributed by atoms with Gasteiger partial charge in [0.05, 0.1) is 10.6 Å². The van der Waals surface area contributed by atoms with Gasteiger partial charge in [0, 0.05) is 30.9 Å². The van der Waals surface area contributed by atoms with Crippen LogP contribution in [0.1, 0.15) is 43.7 Å². The van der Waals surface area contributed by atoms with Crippen LogP contribution >= 0.6 is 11.6 Å². The predicted octanol–water partition coefficient (Wildman–Crippen LogP) is 3.30. The van der Waals surface area contributed by atoms with Gasteiger partial charge in [-0.05, 0) is 64.1 Å². The molecule has 1 aliphatic carbocycles. The van der Waals surface area contributed by atoms with E-state index in [-0.39, 0.29) is 5.75 Å². The summed E-state index contributed by atoms with van der Waals surface area (Å²) < 4.78 is 0. The van der Waals surface area contributed by atoms with Gasteiger partial charge in [-0.15, -0.1) is 10.2 Å². The number of halogens is 1. The molecular formula is C21H28ClN5O2. The Morgan fingerprint density at radius 2 is 1.97 bits per heavy atom. The number of aliphatic hydroxyl groups is 1. The molecule has 2 aliphatic rings. The molecule has 2 aromatic heterocycles. The van der Waals surface area contributed by atoms with Gasteiger partial charge < -0.3 is 15.5 Å². The lowest BCUT2D eigenvalue weighted by Crippen LogP contribution is -2.57. The summed E-state index contributed by atoms with van der Waals surface area (Å²) in [6.45, 7) is 7.92. The van der Waals surface area contributed by atoms with Crippen LogP contribution in [0.3, 0.4) is 0 Å². The number of rotatable bonds is 4. The molecule has 7 nitrogen and oxygen atoms in total. The topological polar surface area (TPSA) is 94.4 Å². The Morgan fingerprint density at radius 1 is 1.21 bits per heavy atom. The monoisotopic (exact) mass is 417 g/mol. The Labute approximate surface area is 176 Å². The molecule has 4 rings (SSSR count). The second-order valence-electron chi connectivity index (χ2n) is 8.71. The molecule has 1 saturated carbocycles. The van der Waals surface area contributed by atoms with Crippen molar-refractivity contribution >= 4 is 17.4 Å². The van der Waals surface area contributed by atoms with E-state index in [2.05, 4.69) is 25.4 Å². The number of hydrogen-bond acceptors (Lipinski definition) is 7. The van der Waals surface area contributed by atoms with E-state index >= 15 is 0 Å². The number of nitrogens with one attached hydrogen (secondary N) is 1. The van der Waals surface area contributed by atoms with Crippen LogP contribution in [0, 0.1) is 13.8 Å². The number of aromatic nitrogens is 3. The molecule has 1 saturated heterocycles. The van der Waals surface area contributed by atoms with Crippen molar-refractivity contribution in [3.05, 3.63) is 28.4 Å². The predicted molar refractivity (Wildman–Crippen MR) is 113 cm³/mol. The first kappa shape index (κ1) is 20.3. The van der Waals surface area contributed by atoms with Gasteiger partial charge >= 0.3 is 0 Å². The highest BCUT2D eigenvalue weighted by Gasteiger charge is 2.42. The fourth-order valence-electron chi connectivity index (χ4n) is 4.44. The van der Waals surface area contributed by atoms with Gasteiger partial charge in [-0.2, -0.15) is 0 Å². The Morgan fingerprint density at radius 3 is 2.66 bits per heavy atom. The first-order chi connectivity index (χ1) is 13.7. The Kier molecular flexibility index (Phi) is 5.40. The molecule has 2 aromatic rings. The summed E-state index contributed by atoms with van der Waals surface area (Å²) in [7, 11) is 0. The summed E-state index contributed by atoms with van der Waals surface area (Å²) in [4.78, 5) is 6.71. The van der Waals surface area contributed by atoms with E-state index in [1.165, 1.54) is 12.3 Å². The molecular weight excluding hydrogens is 390 g/mol. The van der Waals surface area contributed by atoms with Crippen molar-refractivity contribution in [2.24, 2.45) is 0 Å². The van der Waals surface area contributed by atoms with E-state index in [1.807, 2.05) is 20.8 Å². The van der Waals surface area contributed by atoms with Crippen molar-refractivity contribution in [3.63, 3.8) is 0 Å². The van der Waals surface area contributed by atoms with Gasteiger partial charge in [-0.3, -0.25) is 4.90 Å². The maximum Gasteiger partial charge on any atom is 0.152 e. The maximum absolute atomic E-state index is 10.2. The highest BCUT2D eigenvalue weighted by atomic mass is 35.5. The minimum atomic E-state index is -0.499. The lowest BCUT2D eigenvalue weighted by Gasteiger charge is -2.49. The summed E-state index contributed by atoms with van der Waals surface area (Å²) in [6.07, 6.45) is 5.41. The van der Waals surface area contributed by atoms with Crippen LogP contribution in [-0.2, 0) is 0 Å². The molecule has 8 heteroatoms. The number of nitrogens with zero attached hydrogens (tertiary/aromatic N) is 4. The number of likely N-dealkylation sites (tertiary alicyclic amines) is 1. The maximum atomic E-state index is 10.2. The van der Waals surface area contributed by atoms with E-state index in [4.69, 9.17) is 11.6 Å². The van der Waals surface area contributed by atoms with Gasteiger partial charge in [-0.25, -0.2) is 4.98 Å². The van der Waals surface area contributed by atoms with Gasteiger partial charge in [-0.1, -0.05) is 11.6 Å². The lowest BCUT2D eigenvalue weighted by molar-refractivity contribution is -0.0823. The van der Waals surface area contributed by atoms with Crippen molar-refractivity contribution in [2.45, 2.75) is 64.1 Å². The Hall–Kier alpha value is -1.96. The molecule has 1 aliphatic heterocycles. The molecule has 0 amide bonds. The zero-order valence-corrected chi connectivity index (χ0v) is 17.9. The summed E-state index contributed by atoms with van der Waals surface area (Å²) in [5.41, 5.74) is 2.37. The summed E-state index contributed by atoms with van der Waals surface area (Å²) in [5.74, 6) is 0.765. The fraction of sp³-hybridized carbons (Fsp3) is 0.571. The van der Waals surface area contributed by atoms with Crippen LogP contribution in [0.25, 0.3) is 11.4 Å². The molecule has 0 radical (unpaired) electrons. The van der Waals surface area contributed by atoms with E-state index in [0.29, 0.717) is 28.5 Å². The van der Waals surface area contributed by atoms with Crippen molar-refractivity contribution in [2.75, 3.05) is 18.4 Å². The number of piperidine rings is 1. The molecule has 0 bridgehead atoms. The van der Waals surface area contributed by atoms with E-state index in [0.717, 1.165) is 55.7 Å². The quantitative estimate of drug-likeness (QED) is 0.702. The normalized spacial score (nSPS) is 27.5. The summed E-state index contributed by atoms with van der Waals surface area (Å²) in [6, 6.07) is 2.24. The molecule has 29 heavy (non-hydrogen) atoms. The minimum Gasteiger partial charge on any atom is -0.506 e. The number of hydrogen-bond donors (Lipinski definition) is 3. The second-order valence-corrected chi connectivity index (χ2v) is 9.14. The highest BCUT2D eigenvalue weighted by Crippen LogP contribution is 2.37. The Bertz CT molecular complexity index is 912. The van der Waals surface area contributed by atoms with Gasteiger partial charge in [0.25, 0.3) is 0 Å². The zero-order chi connectivity index (χ0) is 20.8. The molecule has 156 valence electrons. The number of aromatic hydroxyl groups is 1. The van der Waals surface area contributed by atoms with E-state index in [1.54, 1.807) is 0 Å². The van der Waals surface area contributed by atoms with Crippen LogP contribution in [0.5, 0.6) is 5.75 Å². The van der Waals surface area contributed by atoms with Gasteiger partial charge in [0.2, 0.25) is 0 Å². The van der Waals surface area contributed by atoms with Crippen molar-refractivity contribution in [1.29, 1.82) is 0 Å². The average Bonchev–Trinajstić information content (AvgIpc) is 2.65. The standard InChI is InChI=1S/C21H28ClN5O2/c1-12-13(2)20(26-25-18(12)19-17(28)7-14(22)10-23-19)24-15-5-4-6-27(11-15)16-8-21(3,29)9-16/h7,10,15-16,28-29H,4-6,8-9,11H2,1-3H3,(H,24,26). The first-order valence-electron chi connectivity index (χ1n) is 10.2. The van der Waals surface area contributed by atoms with Crippen molar-refractivity contribution < 1.29 is 10.2 Å².